The van der Waals surface area contributed by atoms with E-state index < -0.39 is 0 Å². The van der Waals surface area contributed by atoms with Gasteiger partial charge in [-0.3, -0.25) is 0 Å². The van der Waals surface area contributed by atoms with Crippen LogP contribution in [0.3, 0.4) is 0 Å². The molecule has 4 unspecified atom stereocenters. The molecule has 0 bridgehead atoms. The monoisotopic (exact) mass is 176 g/mol. The molecule has 0 heterocycles. The summed E-state index contributed by atoms with van der Waals surface area (Å²) < 4.78 is 5.51. The first-order valence-electron chi connectivity index (χ1n) is 4.33. The molecule has 0 aliphatic heterocycles. The zero-order valence-corrected chi connectivity index (χ0v) is 8.43. The molecule has 0 N–H and O–H groups in total. The molecule has 11 heavy (non-hydrogen) atoms. The minimum atomic E-state index is -0.133. The maximum absolute atomic E-state index is 5.73. The summed E-state index contributed by atoms with van der Waals surface area (Å²) in [6, 6.07) is 0. The Hall–Kier alpha value is 0.250. The Kier molecular flexibility index (Phi) is 2.82. The molecule has 1 nitrogen and oxygen atoms in total. The highest BCUT2D eigenvalue weighted by Gasteiger charge is 2.49. The third-order valence-corrected chi connectivity index (χ3v) is 2.58. The molecule has 1 aliphatic rings. The van der Waals surface area contributed by atoms with Crippen LogP contribution in [-0.2, 0) is 4.74 Å². The third kappa shape index (κ3) is 2.09. The molecule has 1 fully saturated rings. The topological polar surface area (TPSA) is 9.23 Å². The molecule has 2 heteroatoms. The van der Waals surface area contributed by atoms with Gasteiger partial charge in [-0.05, 0) is 24.7 Å². The standard InChI is InChI=1S/C9H17ClO/c1-5(2)8-6(3)9(8)11-7(4)10/h5-9H,1-4H3. The smallest absolute Gasteiger partial charge is 0.128 e. The highest BCUT2D eigenvalue weighted by molar-refractivity contribution is 6.19. The van der Waals surface area contributed by atoms with Gasteiger partial charge in [0.05, 0.1) is 6.10 Å². The van der Waals surface area contributed by atoms with Gasteiger partial charge in [0.25, 0.3) is 0 Å². The van der Waals surface area contributed by atoms with E-state index in [9.17, 15) is 0 Å². The lowest BCUT2D eigenvalue weighted by Crippen LogP contribution is -2.06. The van der Waals surface area contributed by atoms with Crippen LogP contribution < -0.4 is 0 Å². The number of hydrogen-bond acceptors (Lipinski definition) is 1. The van der Waals surface area contributed by atoms with Gasteiger partial charge in [0, 0.05) is 0 Å². The molecule has 1 aliphatic carbocycles. The van der Waals surface area contributed by atoms with Gasteiger partial charge in [0.1, 0.15) is 5.56 Å². The molecule has 0 radical (unpaired) electrons. The molecule has 0 spiro atoms. The molecule has 66 valence electrons. The van der Waals surface area contributed by atoms with Crippen LogP contribution in [0.15, 0.2) is 0 Å². The van der Waals surface area contributed by atoms with Gasteiger partial charge in [-0.15, -0.1) is 0 Å². The summed E-state index contributed by atoms with van der Waals surface area (Å²) in [7, 11) is 0. The second-order valence-electron chi connectivity index (χ2n) is 3.82. The lowest BCUT2D eigenvalue weighted by Gasteiger charge is -2.06. The van der Waals surface area contributed by atoms with Crippen LogP contribution in [-0.4, -0.2) is 11.7 Å². The Morgan fingerprint density at radius 2 is 1.82 bits per heavy atom. The molecule has 0 amide bonds. The van der Waals surface area contributed by atoms with Gasteiger partial charge in [-0.1, -0.05) is 32.4 Å². The predicted octanol–water partition coefficient (Wildman–Crippen LogP) is 2.88. The lowest BCUT2D eigenvalue weighted by atomic mass is 10.1. The quantitative estimate of drug-likeness (QED) is 0.601. The van der Waals surface area contributed by atoms with Crippen LogP contribution in [0.25, 0.3) is 0 Å². The summed E-state index contributed by atoms with van der Waals surface area (Å²) in [6.45, 7) is 8.59. The summed E-state index contributed by atoms with van der Waals surface area (Å²) >= 11 is 5.73. The van der Waals surface area contributed by atoms with Crippen LogP contribution in [0.4, 0.5) is 0 Å². The third-order valence-electron chi connectivity index (χ3n) is 2.48. The zero-order chi connectivity index (χ0) is 8.59. The summed E-state index contributed by atoms with van der Waals surface area (Å²) in [4.78, 5) is 0. The Morgan fingerprint density at radius 3 is 2.09 bits per heavy atom. The minimum Gasteiger partial charge on any atom is -0.359 e. The van der Waals surface area contributed by atoms with Crippen molar-refractivity contribution in [3.8, 4) is 0 Å². The Balaban J connectivity index is 2.30. The van der Waals surface area contributed by atoms with E-state index in [0.717, 1.165) is 11.8 Å². The second-order valence-corrected chi connectivity index (χ2v) is 4.44. The number of ether oxygens (including phenoxy) is 1. The first-order chi connectivity index (χ1) is 5.04. The van der Waals surface area contributed by atoms with Gasteiger partial charge in [0.2, 0.25) is 0 Å². The van der Waals surface area contributed by atoms with Crippen molar-refractivity contribution in [3.63, 3.8) is 0 Å². The number of alkyl halides is 1. The van der Waals surface area contributed by atoms with Crippen LogP contribution in [0.5, 0.6) is 0 Å². The van der Waals surface area contributed by atoms with Crippen molar-refractivity contribution in [3.05, 3.63) is 0 Å². The number of hydrogen-bond donors (Lipinski definition) is 0. The van der Waals surface area contributed by atoms with Gasteiger partial charge in [-0.2, -0.15) is 0 Å². The van der Waals surface area contributed by atoms with Crippen molar-refractivity contribution >= 4 is 11.6 Å². The lowest BCUT2D eigenvalue weighted by molar-refractivity contribution is 0.0836. The Morgan fingerprint density at radius 1 is 1.27 bits per heavy atom. The van der Waals surface area contributed by atoms with Crippen molar-refractivity contribution in [2.45, 2.75) is 39.4 Å². The summed E-state index contributed by atoms with van der Waals surface area (Å²) in [6.07, 6.45) is 0.419. The van der Waals surface area contributed by atoms with Crippen molar-refractivity contribution in [1.82, 2.24) is 0 Å². The van der Waals surface area contributed by atoms with E-state index >= 15 is 0 Å². The predicted molar refractivity (Wildman–Crippen MR) is 47.7 cm³/mol. The molecule has 1 saturated carbocycles. The average Bonchev–Trinajstić information content (AvgIpc) is 2.40. The van der Waals surface area contributed by atoms with Crippen LogP contribution >= 0.6 is 11.6 Å². The summed E-state index contributed by atoms with van der Waals surface area (Å²) in [5.41, 5.74) is -0.133. The van der Waals surface area contributed by atoms with E-state index in [2.05, 4.69) is 20.8 Å². The Labute approximate surface area is 74.1 Å². The molecule has 0 aromatic rings. The molecule has 0 aromatic carbocycles. The van der Waals surface area contributed by atoms with E-state index in [1.54, 1.807) is 0 Å². The molecule has 0 aromatic heterocycles. The van der Waals surface area contributed by atoms with E-state index in [1.807, 2.05) is 6.92 Å². The highest BCUT2D eigenvalue weighted by atomic mass is 35.5. The summed E-state index contributed by atoms with van der Waals surface area (Å²) in [5, 5.41) is 0. The van der Waals surface area contributed by atoms with Crippen LogP contribution in [0.1, 0.15) is 27.7 Å². The minimum absolute atomic E-state index is 0.133. The van der Waals surface area contributed by atoms with E-state index in [-0.39, 0.29) is 5.56 Å². The second kappa shape index (κ2) is 3.32. The molecular weight excluding hydrogens is 160 g/mol. The maximum atomic E-state index is 5.73. The fraction of sp³-hybridized carbons (Fsp3) is 1.00. The van der Waals surface area contributed by atoms with E-state index in [4.69, 9.17) is 16.3 Å². The van der Waals surface area contributed by atoms with E-state index in [1.165, 1.54) is 0 Å². The maximum Gasteiger partial charge on any atom is 0.128 e. The number of rotatable bonds is 3. The normalized spacial score (nSPS) is 39.3. The average molecular weight is 177 g/mol. The highest BCUT2D eigenvalue weighted by Crippen LogP contribution is 2.47. The van der Waals surface area contributed by atoms with Gasteiger partial charge in [-0.25, -0.2) is 0 Å². The van der Waals surface area contributed by atoms with Crippen LogP contribution in [0, 0.1) is 17.8 Å². The Bertz CT molecular complexity index is 134. The van der Waals surface area contributed by atoms with Crippen LogP contribution in [0.2, 0.25) is 0 Å². The van der Waals surface area contributed by atoms with Gasteiger partial charge < -0.3 is 4.74 Å². The summed E-state index contributed by atoms with van der Waals surface area (Å²) in [5.74, 6) is 2.16. The van der Waals surface area contributed by atoms with Crippen molar-refractivity contribution in [2.24, 2.45) is 17.8 Å². The van der Waals surface area contributed by atoms with Crippen molar-refractivity contribution in [2.75, 3.05) is 0 Å². The molecular formula is C9H17ClO. The largest absolute Gasteiger partial charge is 0.359 e. The SMILES string of the molecule is CC(Cl)OC1C(C)C1C(C)C. The fourth-order valence-corrected chi connectivity index (χ4v) is 1.99. The molecule has 1 rings (SSSR count). The van der Waals surface area contributed by atoms with Gasteiger partial charge in [0.15, 0.2) is 0 Å². The van der Waals surface area contributed by atoms with Gasteiger partial charge >= 0.3 is 0 Å². The fourth-order valence-electron chi connectivity index (χ4n) is 1.87. The first kappa shape index (κ1) is 9.34. The van der Waals surface area contributed by atoms with Crippen molar-refractivity contribution in [1.29, 1.82) is 0 Å². The zero-order valence-electron chi connectivity index (χ0n) is 7.67. The first-order valence-corrected chi connectivity index (χ1v) is 4.77. The van der Waals surface area contributed by atoms with E-state index in [0.29, 0.717) is 12.0 Å². The molecule has 0 saturated heterocycles. The van der Waals surface area contributed by atoms with Crippen molar-refractivity contribution < 1.29 is 4.74 Å². The molecule has 4 atom stereocenters. The number of halogens is 1.